The van der Waals surface area contributed by atoms with E-state index in [4.69, 9.17) is 10.7 Å². The van der Waals surface area contributed by atoms with Crippen molar-refractivity contribution in [1.29, 1.82) is 0 Å². The Morgan fingerprint density at radius 2 is 1.69 bits per heavy atom. The molecule has 3 heteroatoms. The maximum absolute atomic E-state index is 6.43. The fourth-order valence-electron chi connectivity index (χ4n) is 4.56. The number of nitrogens with two attached hydrogens (primary N) is 1. The number of aliphatic imine (C=N–C) groups is 1. The molecule has 142 valence electrons. The fraction of sp³-hybridized carbons (Fsp3) is 0.609. The van der Waals surface area contributed by atoms with E-state index in [2.05, 4.69) is 48.2 Å². The number of unbranched alkanes of at least 4 members (excludes halogenated alkanes) is 5. The van der Waals surface area contributed by atoms with Gasteiger partial charge in [-0.25, -0.2) is 4.99 Å². The molecule has 2 aliphatic rings. The minimum absolute atomic E-state index is 0.0432. The molecular weight excluding hydrogens is 318 g/mol. The molecule has 0 amide bonds. The first-order chi connectivity index (χ1) is 12.8. The molecule has 0 unspecified atom stereocenters. The minimum Gasteiger partial charge on any atom is -0.369 e. The lowest BCUT2D eigenvalue weighted by Gasteiger charge is -2.43. The molecule has 1 heterocycles. The van der Waals surface area contributed by atoms with Crippen LogP contribution in [0.15, 0.2) is 41.0 Å². The van der Waals surface area contributed by atoms with Crippen molar-refractivity contribution in [2.24, 2.45) is 10.7 Å². The molecule has 3 nitrogen and oxygen atoms in total. The van der Waals surface area contributed by atoms with Crippen molar-refractivity contribution in [2.45, 2.75) is 83.1 Å². The first-order valence-electron chi connectivity index (χ1n) is 10.7. The third-order valence-corrected chi connectivity index (χ3v) is 6.02. The molecule has 1 aromatic rings. The van der Waals surface area contributed by atoms with Gasteiger partial charge in [-0.3, -0.25) is 0 Å². The van der Waals surface area contributed by atoms with E-state index in [0.717, 1.165) is 12.5 Å². The smallest absolute Gasteiger partial charge is 0.197 e. The van der Waals surface area contributed by atoms with Gasteiger partial charge in [0.05, 0.1) is 11.2 Å². The third-order valence-electron chi connectivity index (χ3n) is 6.02. The second-order valence-corrected chi connectivity index (χ2v) is 7.92. The average molecular weight is 354 g/mol. The van der Waals surface area contributed by atoms with Gasteiger partial charge in [0.2, 0.25) is 0 Å². The van der Waals surface area contributed by atoms with Crippen LogP contribution < -0.4 is 5.73 Å². The largest absolute Gasteiger partial charge is 0.369 e. The standard InChI is InChI=1S/C23H35N3/c1-2-3-4-5-6-13-18-26-22(24)25-21(19-20-14-9-7-10-15-20)23(26)16-11-8-12-17-23/h7,9-10,14-15,19H,2-6,8,11-13,16-18H2,1H3,(H2,24,25)/b21-19-. The van der Waals surface area contributed by atoms with Crippen LogP contribution in [0.25, 0.3) is 6.08 Å². The highest BCUT2D eigenvalue weighted by Gasteiger charge is 2.46. The molecule has 0 bridgehead atoms. The van der Waals surface area contributed by atoms with E-state index in [1.165, 1.54) is 81.9 Å². The molecular formula is C23H35N3. The van der Waals surface area contributed by atoms with Crippen LogP contribution in [-0.4, -0.2) is 22.9 Å². The summed E-state index contributed by atoms with van der Waals surface area (Å²) >= 11 is 0. The SMILES string of the molecule is CCCCCCCCN1C(N)=N/C(=C\c2ccccc2)C12CCCCC2. The topological polar surface area (TPSA) is 41.6 Å². The minimum atomic E-state index is 0.0432. The normalized spacial score (nSPS) is 20.7. The van der Waals surface area contributed by atoms with Crippen molar-refractivity contribution in [2.75, 3.05) is 6.54 Å². The first-order valence-corrected chi connectivity index (χ1v) is 10.7. The number of hydrogen-bond donors (Lipinski definition) is 1. The molecule has 0 radical (unpaired) electrons. The predicted octanol–water partition coefficient (Wildman–Crippen LogP) is 5.72. The van der Waals surface area contributed by atoms with E-state index in [1.807, 2.05) is 0 Å². The highest BCUT2D eigenvalue weighted by molar-refractivity contribution is 5.85. The zero-order valence-electron chi connectivity index (χ0n) is 16.4. The lowest BCUT2D eigenvalue weighted by atomic mass is 9.78. The van der Waals surface area contributed by atoms with E-state index in [1.54, 1.807) is 0 Å². The molecule has 0 saturated heterocycles. The van der Waals surface area contributed by atoms with E-state index in [0.29, 0.717) is 0 Å². The number of hydrogen-bond acceptors (Lipinski definition) is 3. The number of benzene rings is 1. The molecule has 1 spiro atoms. The van der Waals surface area contributed by atoms with Gasteiger partial charge in [0.25, 0.3) is 0 Å². The van der Waals surface area contributed by atoms with E-state index in [9.17, 15) is 0 Å². The van der Waals surface area contributed by atoms with Crippen molar-refractivity contribution in [1.82, 2.24) is 4.90 Å². The molecule has 3 rings (SSSR count). The van der Waals surface area contributed by atoms with Crippen LogP contribution in [0.2, 0.25) is 0 Å². The molecule has 1 aliphatic carbocycles. The Kier molecular flexibility index (Phi) is 6.76. The summed E-state index contributed by atoms with van der Waals surface area (Å²) in [5.74, 6) is 0.739. The molecule has 1 aromatic carbocycles. The van der Waals surface area contributed by atoms with Gasteiger partial charge in [-0.15, -0.1) is 0 Å². The second kappa shape index (κ2) is 9.25. The highest BCUT2D eigenvalue weighted by Crippen LogP contribution is 2.44. The summed E-state index contributed by atoms with van der Waals surface area (Å²) in [6.07, 6.45) is 16.4. The summed E-state index contributed by atoms with van der Waals surface area (Å²) in [4.78, 5) is 7.30. The Morgan fingerprint density at radius 3 is 2.42 bits per heavy atom. The summed E-state index contributed by atoms with van der Waals surface area (Å²) < 4.78 is 0. The molecule has 26 heavy (non-hydrogen) atoms. The van der Waals surface area contributed by atoms with Crippen LogP contribution in [0, 0.1) is 0 Å². The maximum atomic E-state index is 6.43. The van der Waals surface area contributed by atoms with Crippen molar-refractivity contribution in [3.63, 3.8) is 0 Å². The van der Waals surface area contributed by atoms with Crippen LogP contribution in [-0.2, 0) is 0 Å². The monoisotopic (exact) mass is 353 g/mol. The van der Waals surface area contributed by atoms with E-state index >= 15 is 0 Å². The number of guanidine groups is 1. The Hall–Kier alpha value is -1.77. The highest BCUT2D eigenvalue weighted by atomic mass is 15.4. The maximum Gasteiger partial charge on any atom is 0.197 e. The van der Waals surface area contributed by atoms with Crippen LogP contribution in [0.4, 0.5) is 0 Å². The van der Waals surface area contributed by atoms with Crippen molar-refractivity contribution in [3.05, 3.63) is 41.6 Å². The van der Waals surface area contributed by atoms with Gasteiger partial charge in [0, 0.05) is 6.54 Å². The summed E-state index contributed by atoms with van der Waals surface area (Å²) in [7, 11) is 0. The molecule has 1 fully saturated rings. The van der Waals surface area contributed by atoms with Crippen LogP contribution in [0.1, 0.15) is 83.1 Å². The molecule has 1 aliphatic heterocycles. The summed E-state index contributed by atoms with van der Waals surface area (Å²) in [6, 6.07) is 10.6. The number of nitrogens with zero attached hydrogens (tertiary/aromatic N) is 2. The van der Waals surface area contributed by atoms with Crippen LogP contribution >= 0.6 is 0 Å². The Bertz CT molecular complexity index is 612. The van der Waals surface area contributed by atoms with Gasteiger partial charge in [0.1, 0.15) is 0 Å². The molecule has 0 atom stereocenters. The number of rotatable bonds is 8. The quantitative estimate of drug-likeness (QED) is 0.607. The zero-order valence-corrected chi connectivity index (χ0v) is 16.4. The van der Waals surface area contributed by atoms with Gasteiger partial charge in [0.15, 0.2) is 5.96 Å². The summed E-state index contributed by atoms with van der Waals surface area (Å²) in [5.41, 5.74) is 8.88. The van der Waals surface area contributed by atoms with E-state index in [-0.39, 0.29) is 5.54 Å². The lowest BCUT2D eigenvalue weighted by Crippen LogP contribution is -2.52. The van der Waals surface area contributed by atoms with Crippen molar-refractivity contribution in [3.8, 4) is 0 Å². The lowest BCUT2D eigenvalue weighted by molar-refractivity contribution is 0.164. The van der Waals surface area contributed by atoms with Crippen LogP contribution in [0.5, 0.6) is 0 Å². The fourth-order valence-corrected chi connectivity index (χ4v) is 4.56. The zero-order chi connectivity index (χ0) is 18.2. The molecule has 0 aromatic heterocycles. The van der Waals surface area contributed by atoms with Crippen molar-refractivity contribution >= 4 is 12.0 Å². The summed E-state index contributed by atoms with van der Waals surface area (Å²) in [5, 5.41) is 0. The van der Waals surface area contributed by atoms with E-state index < -0.39 is 0 Å². The van der Waals surface area contributed by atoms with Crippen LogP contribution in [0.3, 0.4) is 0 Å². The van der Waals surface area contributed by atoms with Gasteiger partial charge < -0.3 is 10.6 Å². The molecule has 2 N–H and O–H groups in total. The Labute approximate surface area is 159 Å². The first kappa shape index (κ1) is 19.0. The Morgan fingerprint density at radius 1 is 1.00 bits per heavy atom. The molecule has 1 saturated carbocycles. The third kappa shape index (κ3) is 4.31. The van der Waals surface area contributed by atoms with Crippen molar-refractivity contribution < 1.29 is 0 Å². The summed E-state index contributed by atoms with van der Waals surface area (Å²) in [6.45, 7) is 3.32. The predicted molar refractivity (Wildman–Crippen MR) is 112 cm³/mol. The van der Waals surface area contributed by atoms with Gasteiger partial charge in [-0.1, -0.05) is 88.6 Å². The Balaban J connectivity index is 1.72. The van der Waals surface area contributed by atoms with Gasteiger partial charge in [-0.2, -0.15) is 0 Å². The second-order valence-electron chi connectivity index (χ2n) is 7.92. The van der Waals surface area contributed by atoms with Gasteiger partial charge in [-0.05, 0) is 30.9 Å². The van der Waals surface area contributed by atoms with Gasteiger partial charge >= 0.3 is 0 Å². The average Bonchev–Trinajstić information content (AvgIpc) is 2.91.